The van der Waals surface area contributed by atoms with Crippen molar-refractivity contribution < 1.29 is 37.7 Å². The molecule has 0 aromatic heterocycles. The Hall–Kier alpha value is -0.490. The number of hydrogen-bond donors (Lipinski definition) is 0. The van der Waals surface area contributed by atoms with Crippen LogP contribution >= 0.6 is 15.4 Å². The van der Waals surface area contributed by atoms with Crippen molar-refractivity contribution >= 4 is 21.4 Å². The Morgan fingerprint density at radius 1 is 1.29 bits per heavy atom. The summed E-state index contributed by atoms with van der Waals surface area (Å²) in [6.07, 6.45) is -0.898. The zero-order valence-corrected chi connectivity index (χ0v) is 10.8. The highest BCUT2D eigenvalue weighted by Crippen LogP contribution is 2.49. The summed E-state index contributed by atoms with van der Waals surface area (Å²) in [5.74, 6) is -0.690. The number of hydrogen-bond acceptors (Lipinski definition) is 8. The Bertz CT molecular complexity index is 383. The SMILES string of the molecule is C=C(C)C(=O)OCCCP(=O)([O-])OP(=O)([O-])[O-]. The smallest absolute Gasteiger partial charge is 0.333 e. The van der Waals surface area contributed by atoms with Gasteiger partial charge < -0.3 is 32.9 Å². The molecule has 0 radical (unpaired) electrons. The standard InChI is InChI=1S/C7H14O8P2/c1-6(2)7(8)14-4-3-5-16(9,10)15-17(11,12)13/h1,3-5H2,2H3,(H,9,10)(H2,11,12,13)/p-3. The number of carbonyl (C=O) groups is 1. The molecule has 0 aliphatic rings. The molecular formula is C7H11O8P2-3. The van der Waals surface area contributed by atoms with Crippen molar-refractivity contribution in [2.75, 3.05) is 12.8 Å². The number of rotatable bonds is 7. The molecule has 1 atom stereocenters. The summed E-state index contributed by atoms with van der Waals surface area (Å²) >= 11 is 0. The van der Waals surface area contributed by atoms with Gasteiger partial charge in [0.15, 0.2) is 0 Å². The van der Waals surface area contributed by atoms with Gasteiger partial charge in [-0.05, 0) is 13.3 Å². The number of carbonyl (C=O) groups excluding carboxylic acids is 1. The summed E-state index contributed by atoms with van der Waals surface area (Å²) in [5, 5.41) is 0. The predicted molar refractivity (Wildman–Crippen MR) is 51.6 cm³/mol. The van der Waals surface area contributed by atoms with Gasteiger partial charge >= 0.3 is 5.97 Å². The third-order valence-corrected chi connectivity index (χ3v) is 4.04. The van der Waals surface area contributed by atoms with E-state index in [2.05, 4.69) is 15.6 Å². The summed E-state index contributed by atoms with van der Waals surface area (Å²) < 4.78 is 28.9. The van der Waals surface area contributed by atoms with Crippen molar-refractivity contribution in [2.24, 2.45) is 0 Å². The van der Waals surface area contributed by atoms with Gasteiger partial charge in [-0.3, -0.25) is 0 Å². The van der Waals surface area contributed by atoms with Crippen LogP contribution in [0.4, 0.5) is 0 Å². The minimum atomic E-state index is -5.57. The molecule has 0 spiro atoms. The average Bonchev–Trinajstić information content (AvgIpc) is 2.07. The molecule has 0 N–H and O–H groups in total. The summed E-state index contributed by atoms with van der Waals surface area (Å²) in [5.41, 5.74) is 0.148. The van der Waals surface area contributed by atoms with Crippen LogP contribution in [0, 0.1) is 0 Å². The monoisotopic (exact) mass is 285 g/mol. The van der Waals surface area contributed by atoms with Gasteiger partial charge in [0.1, 0.15) is 7.60 Å². The molecule has 0 rings (SSSR count). The van der Waals surface area contributed by atoms with E-state index in [0.29, 0.717) is 0 Å². The average molecular weight is 285 g/mol. The normalized spacial score (nSPS) is 15.1. The first-order valence-corrected chi connectivity index (χ1v) is 7.58. The molecule has 0 aliphatic heterocycles. The molecule has 100 valence electrons. The van der Waals surface area contributed by atoms with E-state index in [1.54, 1.807) is 0 Å². The summed E-state index contributed by atoms with van der Waals surface area (Å²) in [6.45, 7) is 4.46. The Morgan fingerprint density at radius 3 is 2.24 bits per heavy atom. The van der Waals surface area contributed by atoms with Gasteiger partial charge in [-0.25, -0.2) is 4.79 Å². The fourth-order valence-electron chi connectivity index (χ4n) is 0.739. The van der Waals surface area contributed by atoms with Crippen LogP contribution < -0.4 is 14.7 Å². The zero-order valence-electron chi connectivity index (χ0n) is 8.99. The quantitative estimate of drug-likeness (QED) is 0.248. The van der Waals surface area contributed by atoms with E-state index in [1.807, 2.05) is 0 Å². The molecule has 0 saturated heterocycles. The van der Waals surface area contributed by atoms with Crippen molar-refractivity contribution in [1.29, 1.82) is 0 Å². The van der Waals surface area contributed by atoms with Gasteiger partial charge in [-0.2, -0.15) is 0 Å². The summed E-state index contributed by atoms with van der Waals surface area (Å²) in [6, 6.07) is 0. The summed E-state index contributed by atoms with van der Waals surface area (Å²) in [7, 11) is -10.3. The third kappa shape index (κ3) is 9.23. The van der Waals surface area contributed by atoms with E-state index >= 15 is 0 Å². The van der Waals surface area contributed by atoms with Crippen LogP contribution in [0.2, 0.25) is 0 Å². The first-order chi connectivity index (χ1) is 7.53. The van der Waals surface area contributed by atoms with Crippen LogP contribution in [0.5, 0.6) is 0 Å². The lowest BCUT2D eigenvalue weighted by atomic mass is 10.4. The van der Waals surface area contributed by atoms with E-state index in [1.165, 1.54) is 6.92 Å². The van der Waals surface area contributed by atoms with Crippen LogP contribution in [0.3, 0.4) is 0 Å². The lowest BCUT2D eigenvalue weighted by Gasteiger charge is -2.35. The van der Waals surface area contributed by atoms with Gasteiger partial charge in [-0.15, -0.1) is 0 Å². The molecule has 0 amide bonds. The highest BCUT2D eigenvalue weighted by Gasteiger charge is 2.11. The van der Waals surface area contributed by atoms with E-state index in [9.17, 15) is 28.6 Å². The minimum Gasteiger partial charge on any atom is -0.790 e. The van der Waals surface area contributed by atoms with Crippen molar-refractivity contribution in [3.63, 3.8) is 0 Å². The third-order valence-electron chi connectivity index (χ3n) is 1.38. The van der Waals surface area contributed by atoms with Gasteiger partial charge in [0.2, 0.25) is 0 Å². The molecular weight excluding hydrogens is 274 g/mol. The molecule has 0 aromatic carbocycles. The fraction of sp³-hybridized carbons (Fsp3) is 0.571. The molecule has 0 aliphatic carbocycles. The van der Waals surface area contributed by atoms with Crippen molar-refractivity contribution in [3.05, 3.63) is 12.2 Å². The van der Waals surface area contributed by atoms with E-state index in [4.69, 9.17) is 0 Å². The van der Waals surface area contributed by atoms with E-state index in [0.717, 1.165) is 0 Å². The second-order valence-corrected chi connectivity index (χ2v) is 6.35. The lowest BCUT2D eigenvalue weighted by Crippen LogP contribution is -2.20. The molecule has 0 bridgehead atoms. The highest BCUT2D eigenvalue weighted by molar-refractivity contribution is 7.61. The fourth-order valence-corrected chi connectivity index (χ4v) is 2.80. The molecule has 1 unspecified atom stereocenters. The van der Waals surface area contributed by atoms with Crippen LogP contribution in [0.25, 0.3) is 0 Å². The number of esters is 1. The molecule has 0 saturated carbocycles. The van der Waals surface area contributed by atoms with Gasteiger partial charge in [0.05, 0.1) is 14.4 Å². The Morgan fingerprint density at radius 2 is 1.82 bits per heavy atom. The number of phosphoric acid groups is 1. The maximum atomic E-state index is 10.9. The van der Waals surface area contributed by atoms with Crippen molar-refractivity contribution in [3.8, 4) is 0 Å². The van der Waals surface area contributed by atoms with Gasteiger partial charge in [-0.1, -0.05) is 6.58 Å². The Kier molecular flexibility index (Phi) is 6.26. The second-order valence-electron chi connectivity index (χ2n) is 3.13. The Labute approximate surface area is 98.0 Å². The topological polar surface area (TPSA) is 139 Å². The lowest BCUT2D eigenvalue weighted by molar-refractivity contribution is -0.337. The van der Waals surface area contributed by atoms with E-state index < -0.39 is 27.5 Å². The molecule has 10 heteroatoms. The molecule has 0 fully saturated rings. The first kappa shape index (κ1) is 16.5. The highest BCUT2D eigenvalue weighted by atomic mass is 31.3. The summed E-state index contributed by atoms with van der Waals surface area (Å²) in [4.78, 5) is 41.9. The Balaban J connectivity index is 3.97. The number of ether oxygens (including phenoxy) is 1. The van der Waals surface area contributed by atoms with Crippen LogP contribution in [0.15, 0.2) is 12.2 Å². The molecule has 8 nitrogen and oxygen atoms in total. The van der Waals surface area contributed by atoms with Gasteiger partial charge in [0, 0.05) is 11.7 Å². The minimum absolute atomic E-state index is 0.148. The largest absolute Gasteiger partial charge is 0.790 e. The van der Waals surface area contributed by atoms with Crippen LogP contribution in [-0.4, -0.2) is 18.7 Å². The predicted octanol–water partition coefficient (Wildman–Crippen LogP) is -1.11. The van der Waals surface area contributed by atoms with Crippen LogP contribution in [0.1, 0.15) is 13.3 Å². The second kappa shape index (κ2) is 6.44. The van der Waals surface area contributed by atoms with Crippen molar-refractivity contribution in [2.45, 2.75) is 13.3 Å². The zero-order chi connectivity index (χ0) is 13.7. The molecule has 0 heterocycles. The molecule has 17 heavy (non-hydrogen) atoms. The van der Waals surface area contributed by atoms with Gasteiger partial charge in [0.25, 0.3) is 0 Å². The molecule has 0 aromatic rings. The van der Waals surface area contributed by atoms with E-state index in [-0.39, 0.29) is 18.6 Å². The maximum Gasteiger partial charge on any atom is 0.333 e. The van der Waals surface area contributed by atoms with Crippen molar-refractivity contribution in [1.82, 2.24) is 0 Å². The van der Waals surface area contributed by atoms with Crippen LogP contribution in [-0.2, 0) is 23.0 Å². The maximum absolute atomic E-state index is 10.9. The first-order valence-electron chi connectivity index (χ1n) is 4.39.